The molecule has 14 rings (SSSR count). The van der Waals surface area contributed by atoms with Crippen LogP contribution < -0.4 is 4.90 Å². The summed E-state index contributed by atoms with van der Waals surface area (Å²) in [6, 6.07) is 96.3. The Balaban J connectivity index is 0.890. The number of nitrogens with zero attached hydrogens (tertiary/aromatic N) is 1. The smallest absolute Gasteiger partial charge is 0.0462 e. The lowest BCUT2D eigenvalue weighted by atomic mass is 9.92. The Labute approximate surface area is 420 Å². The minimum absolute atomic E-state index is 1.09. The normalized spacial score (nSPS) is 11.7. The van der Waals surface area contributed by atoms with Crippen LogP contribution in [-0.4, -0.2) is 0 Å². The first-order valence-corrected chi connectivity index (χ1v) is 25.8. The lowest BCUT2D eigenvalue weighted by Crippen LogP contribution is -2.09. The zero-order chi connectivity index (χ0) is 46.8. The Morgan fingerprint density at radius 1 is 0.225 bits per heavy atom. The van der Waals surface area contributed by atoms with Gasteiger partial charge >= 0.3 is 0 Å². The van der Waals surface area contributed by atoms with Gasteiger partial charge in [0, 0.05) is 57.4 Å². The van der Waals surface area contributed by atoms with Crippen LogP contribution in [0.2, 0.25) is 0 Å². The van der Waals surface area contributed by atoms with E-state index in [4.69, 9.17) is 0 Å². The summed E-state index contributed by atoms with van der Waals surface area (Å²) in [6.45, 7) is 0. The van der Waals surface area contributed by atoms with Gasteiger partial charge < -0.3 is 4.90 Å². The summed E-state index contributed by atoms with van der Waals surface area (Å²) in [4.78, 5) is 2.38. The van der Waals surface area contributed by atoms with E-state index in [2.05, 4.69) is 266 Å². The van der Waals surface area contributed by atoms with Crippen molar-refractivity contribution in [1.29, 1.82) is 0 Å². The molecule has 0 aliphatic heterocycles. The minimum Gasteiger partial charge on any atom is -0.311 e. The number of rotatable bonds is 8. The van der Waals surface area contributed by atoms with Gasteiger partial charge in [-0.05, 0) is 156 Å². The van der Waals surface area contributed by atoms with Crippen molar-refractivity contribution in [2.24, 2.45) is 0 Å². The molecular weight excluding hydrogens is 895 g/mol. The molecule has 0 fully saturated rings. The summed E-state index contributed by atoms with van der Waals surface area (Å²) in [7, 11) is 0. The van der Waals surface area contributed by atoms with E-state index in [0.717, 1.165) is 17.1 Å². The SMILES string of the molecule is c1ccc2cc(-c3ccc(N(c4ccc(-c5cc(-c6cccc7c6sc6ccccc67)cc(-c6cccc7c6sc6ccccc67)c5)cc4)c4ccc(-c5ccc6ccccc6c5)cc4)cc3)ccc2c1. The second-order valence-corrected chi connectivity index (χ2v) is 20.6. The van der Waals surface area contributed by atoms with Crippen molar-refractivity contribution in [3.63, 3.8) is 0 Å². The third kappa shape index (κ3) is 7.37. The summed E-state index contributed by atoms with van der Waals surface area (Å²) in [5, 5.41) is 10.2. The lowest BCUT2D eigenvalue weighted by Gasteiger charge is -2.26. The van der Waals surface area contributed by atoms with Crippen molar-refractivity contribution in [2.45, 2.75) is 0 Å². The number of anilines is 3. The van der Waals surface area contributed by atoms with Gasteiger partial charge in [-0.3, -0.25) is 0 Å². The molecule has 0 atom stereocenters. The molecule has 12 aromatic carbocycles. The van der Waals surface area contributed by atoms with Crippen molar-refractivity contribution in [3.05, 3.63) is 261 Å². The molecule has 0 N–H and O–H groups in total. The van der Waals surface area contributed by atoms with Crippen LogP contribution >= 0.6 is 22.7 Å². The maximum absolute atomic E-state index is 2.42. The van der Waals surface area contributed by atoms with Crippen molar-refractivity contribution < 1.29 is 0 Å². The summed E-state index contributed by atoms with van der Waals surface area (Å²) in [5.74, 6) is 0. The maximum atomic E-state index is 2.42. The fourth-order valence-electron chi connectivity index (χ4n) is 10.6. The summed E-state index contributed by atoms with van der Waals surface area (Å²) in [6.07, 6.45) is 0. The van der Waals surface area contributed by atoms with Gasteiger partial charge in [0.1, 0.15) is 0 Å². The van der Waals surface area contributed by atoms with Crippen LogP contribution in [0.25, 0.3) is 118 Å². The molecule has 1 nitrogen and oxygen atoms in total. The van der Waals surface area contributed by atoms with Crippen LogP contribution in [0.3, 0.4) is 0 Å². The highest BCUT2D eigenvalue weighted by atomic mass is 32.1. The number of benzene rings is 12. The molecule has 0 radical (unpaired) electrons. The molecule has 2 aromatic heterocycles. The van der Waals surface area contributed by atoms with E-state index in [0.29, 0.717) is 0 Å². The van der Waals surface area contributed by atoms with Crippen LogP contribution in [-0.2, 0) is 0 Å². The van der Waals surface area contributed by atoms with Crippen molar-refractivity contribution in [1.82, 2.24) is 0 Å². The Morgan fingerprint density at radius 2 is 0.577 bits per heavy atom. The van der Waals surface area contributed by atoms with E-state index in [9.17, 15) is 0 Å². The van der Waals surface area contributed by atoms with Gasteiger partial charge in [-0.1, -0.05) is 182 Å². The Morgan fingerprint density at radius 3 is 1.03 bits per heavy atom. The summed E-state index contributed by atoms with van der Waals surface area (Å²) >= 11 is 3.78. The molecule has 0 aliphatic rings. The first-order valence-electron chi connectivity index (χ1n) is 24.2. The van der Waals surface area contributed by atoms with E-state index < -0.39 is 0 Å². The van der Waals surface area contributed by atoms with E-state index in [-0.39, 0.29) is 0 Å². The predicted octanol–water partition coefficient (Wildman–Crippen LogP) is 20.5. The summed E-state index contributed by atoms with van der Waals surface area (Å²) in [5.41, 5.74) is 15.4. The number of fused-ring (bicyclic) bond motifs is 8. The van der Waals surface area contributed by atoms with Crippen molar-refractivity contribution >= 4 is 102 Å². The Kier molecular flexibility index (Phi) is 9.97. The fraction of sp³-hybridized carbons (Fsp3) is 0. The van der Waals surface area contributed by atoms with Crippen molar-refractivity contribution in [3.8, 4) is 55.6 Å². The van der Waals surface area contributed by atoms with Crippen LogP contribution in [0.15, 0.2) is 261 Å². The van der Waals surface area contributed by atoms with E-state index in [1.165, 1.54) is 118 Å². The molecule has 0 saturated heterocycles. The van der Waals surface area contributed by atoms with Crippen LogP contribution in [0, 0.1) is 0 Å². The predicted molar refractivity (Wildman–Crippen MR) is 309 cm³/mol. The Bertz CT molecular complexity index is 4070. The first-order chi connectivity index (χ1) is 35.1. The van der Waals surface area contributed by atoms with Gasteiger partial charge in [0.05, 0.1) is 0 Å². The monoisotopic (exact) mass is 937 g/mol. The largest absolute Gasteiger partial charge is 0.311 e. The molecule has 0 amide bonds. The lowest BCUT2D eigenvalue weighted by molar-refractivity contribution is 1.28. The zero-order valence-corrected chi connectivity index (χ0v) is 40.2. The fourth-order valence-corrected chi connectivity index (χ4v) is 13.1. The highest BCUT2D eigenvalue weighted by Gasteiger charge is 2.18. The third-order valence-corrected chi connectivity index (χ3v) is 16.7. The average Bonchev–Trinajstić information content (AvgIpc) is 4.02. The van der Waals surface area contributed by atoms with E-state index in [1.807, 2.05) is 22.7 Å². The highest BCUT2D eigenvalue weighted by molar-refractivity contribution is 7.26. The van der Waals surface area contributed by atoms with Crippen LogP contribution in [0.5, 0.6) is 0 Å². The van der Waals surface area contributed by atoms with Gasteiger partial charge in [-0.15, -0.1) is 22.7 Å². The van der Waals surface area contributed by atoms with Crippen LogP contribution in [0.4, 0.5) is 17.1 Å². The Hall–Kier alpha value is -8.60. The van der Waals surface area contributed by atoms with Gasteiger partial charge in [0.25, 0.3) is 0 Å². The van der Waals surface area contributed by atoms with Gasteiger partial charge in [-0.2, -0.15) is 0 Å². The molecule has 332 valence electrons. The van der Waals surface area contributed by atoms with Gasteiger partial charge in [-0.25, -0.2) is 0 Å². The molecule has 0 aliphatic carbocycles. The van der Waals surface area contributed by atoms with Crippen LogP contribution in [0.1, 0.15) is 0 Å². The third-order valence-electron chi connectivity index (χ3n) is 14.2. The molecule has 71 heavy (non-hydrogen) atoms. The number of thiophene rings is 2. The molecule has 2 heterocycles. The summed E-state index contributed by atoms with van der Waals surface area (Å²) < 4.78 is 5.27. The minimum atomic E-state index is 1.09. The van der Waals surface area contributed by atoms with E-state index in [1.54, 1.807) is 0 Å². The van der Waals surface area contributed by atoms with Gasteiger partial charge in [0.2, 0.25) is 0 Å². The molecule has 0 bridgehead atoms. The molecular formula is C68H43NS2. The maximum Gasteiger partial charge on any atom is 0.0462 e. The quantitative estimate of drug-likeness (QED) is 0.147. The van der Waals surface area contributed by atoms with E-state index >= 15 is 0 Å². The molecule has 3 heteroatoms. The average molecular weight is 938 g/mol. The second-order valence-electron chi connectivity index (χ2n) is 18.5. The second kappa shape index (κ2) is 17.1. The molecule has 0 spiro atoms. The molecule has 0 saturated carbocycles. The molecule has 14 aromatic rings. The topological polar surface area (TPSA) is 3.24 Å². The molecule has 0 unspecified atom stereocenters. The zero-order valence-electron chi connectivity index (χ0n) is 38.6. The standard InChI is InChI=1S/C68H43NS2/c1-3-13-49-39-51(25-23-44(49)11-1)46-27-33-56(34-28-46)69(57-35-29-47(30-36-57)52-26-24-45-12-2-4-14-50(45)40-52)58-37-31-48(32-38-58)53-41-54(59-17-9-19-63-61-15-5-7-21-65(61)70-67(59)63)43-55(42-53)60-18-10-20-64-62-16-6-8-22-66(62)71-68(60)64/h1-43H. The number of hydrogen-bond acceptors (Lipinski definition) is 3. The first kappa shape index (κ1) is 41.4. The highest BCUT2D eigenvalue weighted by Crippen LogP contribution is 2.46. The van der Waals surface area contributed by atoms with Gasteiger partial charge in [0.15, 0.2) is 0 Å². The van der Waals surface area contributed by atoms with Crippen molar-refractivity contribution in [2.75, 3.05) is 4.90 Å². The number of hydrogen-bond donors (Lipinski definition) is 0.